The molecular formula is C13H19OSSi. The molecule has 87 valence electrons. The third-order valence-electron chi connectivity index (χ3n) is 3.13. The Morgan fingerprint density at radius 2 is 2.12 bits per heavy atom. The molecular weight excluding hydrogens is 232 g/mol. The van der Waals surface area contributed by atoms with Crippen LogP contribution in [0, 0.1) is 0 Å². The summed E-state index contributed by atoms with van der Waals surface area (Å²) in [6.07, 6.45) is 3.66. The van der Waals surface area contributed by atoms with E-state index in [0.717, 1.165) is 19.1 Å². The van der Waals surface area contributed by atoms with Gasteiger partial charge >= 0.3 is 0 Å². The number of benzene rings is 1. The molecule has 1 heterocycles. The van der Waals surface area contributed by atoms with E-state index in [0.29, 0.717) is 0 Å². The molecule has 1 saturated heterocycles. The number of rotatable bonds is 3. The molecule has 0 aromatic heterocycles. The van der Waals surface area contributed by atoms with Gasteiger partial charge in [-0.3, -0.25) is 0 Å². The summed E-state index contributed by atoms with van der Waals surface area (Å²) >= 11 is 4.65. The predicted molar refractivity (Wildman–Crippen MR) is 72.5 cm³/mol. The lowest BCUT2D eigenvalue weighted by Crippen LogP contribution is -2.26. The smallest absolute Gasteiger partial charge is 0.215 e. The Morgan fingerprint density at radius 1 is 1.31 bits per heavy atom. The molecule has 1 aromatic carbocycles. The van der Waals surface area contributed by atoms with Gasteiger partial charge in [0.2, 0.25) is 9.04 Å². The fourth-order valence-corrected chi connectivity index (χ4v) is 4.89. The monoisotopic (exact) mass is 251 g/mol. The fraction of sp³-hybridized carbons (Fsp3) is 0.538. The average molecular weight is 251 g/mol. The normalized spacial score (nSPS) is 17.6. The Hall–Kier alpha value is -0.253. The molecule has 3 heteroatoms. The van der Waals surface area contributed by atoms with E-state index in [2.05, 4.69) is 37.8 Å². The van der Waals surface area contributed by atoms with Gasteiger partial charge in [-0.15, -0.1) is 12.6 Å². The largest absolute Gasteiger partial charge is 0.416 e. The standard InChI is InChI=1S/C13H19OSSi/c1-2-11-6-5-7-12(13(11)15)10-16-9-4-3-8-14-16/h5-7,15H,2-4,8-10H2,1H3. The number of aryl methyl sites for hydroxylation is 1. The van der Waals surface area contributed by atoms with Crippen molar-refractivity contribution < 1.29 is 4.43 Å². The number of hydrogen-bond donors (Lipinski definition) is 1. The highest BCUT2D eigenvalue weighted by atomic mass is 32.1. The Bertz CT molecular complexity index is 348. The molecule has 0 aliphatic carbocycles. The van der Waals surface area contributed by atoms with Gasteiger partial charge in [0.05, 0.1) is 0 Å². The summed E-state index contributed by atoms with van der Waals surface area (Å²) in [5.74, 6) is 0. The zero-order valence-corrected chi connectivity index (χ0v) is 11.7. The summed E-state index contributed by atoms with van der Waals surface area (Å²) in [5, 5.41) is 0. The van der Waals surface area contributed by atoms with Crippen LogP contribution in [0.1, 0.15) is 30.9 Å². The average Bonchev–Trinajstić information content (AvgIpc) is 2.33. The topological polar surface area (TPSA) is 9.23 Å². The fourth-order valence-electron chi connectivity index (χ4n) is 2.14. The molecule has 1 aliphatic heterocycles. The molecule has 0 spiro atoms. The molecule has 0 amide bonds. The van der Waals surface area contributed by atoms with Gasteiger partial charge in [-0.05, 0) is 36.1 Å². The van der Waals surface area contributed by atoms with Gasteiger partial charge in [0.15, 0.2) is 0 Å². The molecule has 1 aliphatic rings. The lowest BCUT2D eigenvalue weighted by Gasteiger charge is -2.21. The van der Waals surface area contributed by atoms with E-state index >= 15 is 0 Å². The minimum absolute atomic E-state index is 0.596. The van der Waals surface area contributed by atoms with Crippen molar-refractivity contribution in [1.29, 1.82) is 0 Å². The predicted octanol–water partition coefficient (Wildman–Crippen LogP) is 3.42. The van der Waals surface area contributed by atoms with Crippen molar-refractivity contribution in [2.24, 2.45) is 0 Å². The van der Waals surface area contributed by atoms with Crippen molar-refractivity contribution in [1.82, 2.24) is 0 Å². The summed E-state index contributed by atoms with van der Waals surface area (Å²) in [6, 6.07) is 8.95. The summed E-state index contributed by atoms with van der Waals surface area (Å²) in [4.78, 5) is 1.19. The van der Waals surface area contributed by atoms with Crippen molar-refractivity contribution in [3.63, 3.8) is 0 Å². The van der Waals surface area contributed by atoms with Crippen LogP contribution in [0.5, 0.6) is 0 Å². The van der Waals surface area contributed by atoms with Crippen LogP contribution in [0.15, 0.2) is 23.1 Å². The van der Waals surface area contributed by atoms with Crippen molar-refractivity contribution in [2.75, 3.05) is 6.61 Å². The van der Waals surface area contributed by atoms with Crippen LogP contribution >= 0.6 is 12.6 Å². The maximum Gasteiger partial charge on any atom is 0.215 e. The molecule has 1 radical (unpaired) electrons. The van der Waals surface area contributed by atoms with Crippen LogP contribution in [0.3, 0.4) is 0 Å². The van der Waals surface area contributed by atoms with Gasteiger partial charge in [0.25, 0.3) is 0 Å². The first-order chi connectivity index (χ1) is 7.81. The molecule has 1 aromatic rings. The van der Waals surface area contributed by atoms with E-state index < -0.39 is 9.04 Å². The lowest BCUT2D eigenvalue weighted by molar-refractivity contribution is 0.286. The van der Waals surface area contributed by atoms with E-state index in [4.69, 9.17) is 4.43 Å². The molecule has 1 nitrogen and oxygen atoms in total. The summed E-state index contributed by atoms with van der Waals surface area (Å²) in [5.41, 5.74) is 2.75. The number of thiol groups is 1. The molecule has 0 bridgehead atoms. The van der Waals surface area contributed by atoms with Gasteiger partial charge in [-0.1, -0.05) is 31.5 Å². The Kier molecular flexibility index (Phi) is 4.50. The third-order valence-corrected chi connectivity index (χ3v) is 6.00. The SMILES string of the molecule is CCc1cccc(C[Si]2CCCCO2)c1S. The van der Waals surface area contributed by atoms with Gasteiger partial charge in [0, 0.05) is 11.5 Å². The highest BCUT2D eigenvalue weighted by Crippen LogP contribution is 2.23. The molecule has 0 saturated carbocycles. The van der Waals surface area contributed by atoms with E-state index in [-0.39, 0.29) is 0 Å². The molecule has 0 unspecified atom stereocenters. The van der Waals surface area contributed by atoms with E-state index in [1.54, 1.807) is 0 Å². The van der Waals surface area contributed by atoms with Crippen LogP contribution in [-0.2, 0) is 16.9 Å². The van der Waals surface area contributed by atoms with E-state index in [1.165, 1.54) is 34.9 Å². The van der Waals surface area contributed by atoms with Crippen LogP contribution in [0.2, 0.25) is 6.04 Å². The number of hydrogen-bond acceptors (Lipinski definition) is 2. The first kappa shape index (κ1) is 12.2. The second-order valence-electron chi connectivity index (χ2n) is 4.30. The van der Waals surface area contributed by atoms with Crippen molar-refractivity contribution in [2.45, 2.75) is 43.2 Å². The van der Waals surface area contributed by atoms with Crippen molar-refractivity contribution in [3.8, 4) is 0 Å². The van der Waals surface area contributed by atoms with Crippen molar-refractivity contribution >= 4 is 21.7 Å². The van der Waals surface area contributed by atoms with Gasteiger partial charge in [0.1, 0.15) is 0 Å². The minimum atomic E-state index is -0.596. The van der Waals surface area contributed by atoms with Crippen LogP contribution in [0.25, 0.3) is 0 Å². The molecule has 1 fully saturated rings. The van der Waals surface area contributed by atoms with E-state index in [9.17, 15) is 0 Å². The molecule has 0 atom stereocenters. The summed E-state index contributed by atoms with van der Waals surface area (Å²) < 4.78 is 5.88. The summed E-state index contributed by atoms with van der Waals surface area (Å²) in [7, 11) is -0.596. The Morgan fingerprint density at radius 3 is 2.81 bits per heavy atom. The molecule has 16 heavy (non-hydrogen) atoms. The highest BCUT2D eigenvalue weighted by Gasteiger charge is 2.19. The highest BCUT2D eigenvalue weighted by molar-refractivity contribution is 7.80. The minimum Gasteiger partial charge on any atom is -0.416 e. The Balaban J connectivity index is 2.08. The molecule has 2 rings (SSSR count). The van der Waals surface area contributed by atoms with Crippen molar-refractivity contribution in [3.05, 3.63) is 29.3 Å². The zero-order chi connectivity index (χ0) is 11.4. The van der Waals surface area contributed by atoms with Crippen LogP contribution in [-0.4, -0.2) is 15.6 Å². The van der Waals surface area contributed by atoms with Crippen LogP contribution in [0.4, 0.5) is 0 Å². The Labute approximate surface area is 105 Å². The quantitative estimate of drug-likeness (QED) is 0.640. The first-order valence-corrected chi connectivity index (χ1v) is 8.35. The first-order valence-electron chi connectivity index (χ1n) is 6.08. The summed E-state index contributed by atoms with van der Waals surface area (Å²) in [6.45, 7) is 3.16. The van der Waals surface area contributed by atoms with Gasteiger partial charge in [-0.2, -0.15) is 0 Å². The second kappa shape index (κ2) is 5.89. The third kappa shape index (κ3) is 2.90. The van der Waals surface area contributed by atoms with Crippen LogP contribution < -0.4 is 0 Å². The van der Waals surface area contributed by atoms with Gasteiger partial charge in [-0.25, -0.2) is 0 Å². The second-order valence-corrected chi connectivity index (χ2v) is 6.97. The zero-order valence-electron chi connectivity index (χ0n) is 9.83. The van der Waals surface area contributed by atoms with Gasteiger partial charge < -0.3 is 4.43 Å². The maximum atomic E-state index is 5.88. The lowest BCUT2D eigenvalue weighted by atomic mass is 10.1. The van der Waals surface area contributed by atoms with E-state index in [1.807, 2.05) is 0 Å². The molecule has 0 N–H and O–H groups in total. The maximum absolute atomic E-state index is 5.88.